The first kappa shape index (κ1) is 12.5. The molecule has 1 aromatic carbocycles. The lowest BCUT2D eigenvalue weighted by Crippen LogP contribution is -2.35. The molecule has 1 amide bonds. The van der Waals surface area contributed by atoms with E-state index >= 15 is 0 Å². The molecule has 2 aliphatic heterocycles. The van der Waals surface area contributed by atoms with Crippen molar-refractivity contribution in [1.29, 1.82) is 0 Å². The Morgan fingerprint density at radius 1 is 1.42 bits per heavy atom. The Morgan fingerprint density at radius 2 is 2.32 bits per heavy atom. The van der Waals surface area contributed by atoms with Gasteiger partial charge in [-0.05, 0) is 37.1 Å². The van der Waals surface area contributed by atoms with E-state index in [1.165, 1.54) is 5.56 Å². The number of fused-ring (bicyclic) bond motifs is 1. The summed E-state index contributed by atoms with van der Waals surface area (Å²) in [6, 6.07) is 8.08. The lowest BCUT2D eigenvalue weighted by atomic mass is 10.0. The molecule has 2 unspecified atom stereocenters. The number of benzene rings is 1. The summed E-state index contributed by atoms with van der Waals surface area (Å²) in [6.07, 6.45) is 2.72. The lowest BCUT2D eigenvalue weighted by Gasteiger charge is -2.13. The summed E-state index contributed by atoms with van der Waals surface area (Å²) in [5.74, 6) is 1.61. The molecule has 2 atom stereocenters. The summed E-state index contributed by atoms with van der Waals surface area (Å²) in [7, 11) is 0. The normalized spacial score (nSPS) is 24.8. The van der Waals surface area contributed by atoms with Crippen LogP contribution >= 0.6 is 0 Å². The van der Waals surface area contributed by atoms with Gasteiger partial charge in [0.2, 0.25) is 5.91 Å². The number of ether oxygens (including phenoxy) is 1. The standard InChI is InChI=1S/C15H20N2O2/c18-15(7-11-5-6-16-9-11)17-10-13-8-12-3-1-2-4-14(12)19-13/h1-4,11,13,16H,5-10H2,(H,17,18). The molecule has 2 aliphatic rings. The minimum atomic E-state index is 0.0862. The molecule has 0 aliphatic carbocycles. The zero-order valence-electron chi connectivity index (χ0n) is 11.0. The van der Waals surface area contributed by atoms with E-state index in [1.54, 1.807) is 0 Å². The van der Waals surface area contributed by atoms with E-state index in [2.05, 4.69) is 16.7 Å². The fraction of sp³-hybridized carbons (Fsp3) is 0.533. The van der Waals surface area contributed by atoms with Crippen LogP contribution in [0.5, 0.6) is 5.75 Å². The van der Waals surface area contributed by atoms with E-state index in [0.29, 0.717) is 18.9 Å². The van der Waals surface area contributed by atoms with E-state index in [9.17, 15) is 4.79 Å². The molecule has 0 spiro atoms. The van der Waals surface area contributed by atoms with Crippen LogP contribution in [0.2, 0.25) is 0 Å². The van der Waals surface area contributed by atoms with Crippen LogP contribution in [-0.2, 0) is 11.2 Å². The first-order chi connectivity index (χ1) is 9.31. The van der Waals surface area contributed by atoms with E-state index in [4.69, 9.17) is 4.74 Å². The summed E-state index contributed by atoms with van der Waals surface area (Å²) < 4.78 is 5.80. The van der Waals surface area contributed by atoms with Gasteiger partial charge in [-0.2, -0.15) is 0 Å². The Morgan fingerprint density at radius 3 is 3.11 bits per heavy atom. The predicted molar refractivity (Wildman–Crippen MR) is 73.2 cm³/mol. The van der Waals surface area contributed by atoms with Gasteiger partial charge in [0.1, 0.15) is 11.9 Å². The van der Waals surface area contributed by atoms with Crippen molar-refractivity contribution in [2.45, 2.75) is 25.4 Å². The Hall–Kier alpha value is -1.55. The molecule has 3 rings (SSSR count). The van der Waals surface area contributed by atoms with Crippen LogP contribution in [0.25, 0.3) is 0 Å². The lowest BCUT2D eigenvalue weighted by molar-refractivity contribution is -0.122. The van der Waals surface area contributed by atoms with E-state index in [-0.39, 0.29) is 12.0 Å². The van der Waals surface area contributed by atoms with Gasteiger partial charge in [0.25, 0.3) is 0 Å². The third-order valence-electron chi connectivity index (χ3n) is 3.88. The zero-order chi connectivity index (χ0) is 13.1. The van der Waals surface area contributed by atoms with Crippen LogP contribution in [0.1, 0.15) is 18.4 Å². The maximum Gasteiger partial charge on any atom is 0.220 e. The summed E-state index contributed by atoms with van der Waals surface area (Å²) in [4.78, 5) is 11.8. The highest BCUT2D eigenvalue weighted by Crippen LogP contribution is 2.27. The minimum absolute atomic E-state index is 0.0862. The SMILES string of the molecule is O=C(CC1CCNC1)NCC1Cc2ccccc2O1. The Labute approximate surface area is 113 Å². The van der Waals surface area contributed by atoms with E-state index < -0.39 is 0 Å². The molecular weight excluding hydrogens is 240 g/mol. The molecule has 1 fully saturated rings. The molecule has 4 nitrogen and oxygen atoms in total. The fourth-order valence-electron chi connectivity index (χ4n) is 2.82. The molecule has 0 radical (unpaired) electrons. The second-order valence-electron chi connectivity index (χ2n) is 5.42. The van der Waals surface area contributed by atoms with Gasteiger partial charge in [0, 0.05) is 12.8 Å². The van der Waals surface area contributed by atoms with Crippen LogP contribution in [-0.4, -0.2) is 31.6 Å². The number of carbonyl (C=O) groups excluding carboxylic acids is 1. The summed E-state index contributed by atoms with van der Waals surface area (Å²) in [6.45, 7) is 2.62. The quantitative estimate of drug-likeness (QED) is 0.852. The second-order valence-corrected chi connectivity index (χ2v) is 5.42. The maximum absolute atomic E-state index is 11.8. The van der Waals surface area contributed by atoms with Crippen LogP contribution in [0.15, 0.2) is 24.3 Å². The van der Waals surface area contributed by atoms with Gasteiger partial charge in [0.05, 0.1) is 6.54 Å². The van der Waals surface area contributed by atoms with Crippen molar-refractivity contribution in [2.75, 3.05) is 19.6 Å². The average Bonchev–Trinajstić information content (AvgIpc) is 3.04. The number of rotatable bonds is 4. The van der Waals surface area contributed by atoms with Crippen LogP contribution in [0.3, 0.4) is 0 Å². The number of nitrogens with one attached hydrogen (secondary N) is 2. The Kier molecular flexibility index (Phi) is 3.69. The van der Waals surface area contributed by atoms with Gasteiger partial charge >= 0.3 is 0 Å². The first-order valence-electron chi connectivity index (χ1n) is 7.03. The van der Waals surface area contributed by atoms with Crippen molar-refractivity contribution in [1.82, 2.24) is 10.6 Å². The predicted octanol–water partition coefficient (Wildman–Crippen LogP) is 1.11. The van der Waals surface area contributed by atoms with Gasteiger partial charge in [-0.1, -0.05) is 18.2 Å². The molecule has 102 valence electrons. The molecule has 19 heavy (non-hydrogen) atoms. The topological polar surface area (TPSA) is 50.4 Å². The smallest absolute Gasteiger partial charge is 0.220 e. The molecular formula is C15H20N2O2. The first-order valence-corrected chi connectivity index (χ1v) is 7.03. The van der Waals surface area contributed by atoms with E-state index in [0.717, 1.165) is 31.7 Å². The number of para-hydroxylation sites is 1. The van der Waals surface area contributed by atoms with Crippen molar-refractivity contribution in [3.05, 3.63) is 29.8 Å². The average molecular weight is 260 g/mol. The largest absolute Gasteiger partial charge is 0.488 e. The molecule has 4 heteroatoms. The summed E-state index contributed by atoms with van der Waals surface area (Å²) in [5, 5.41) is 6.28. The molecule has 0 saturated carbocycles. The van der Waals surface area contributed by atoms with Gasteiger partial charge in [-0.25, -0.2) is 0 Å². The highest BCUT2D eigenvalue weighted by molar-refractivity contribution is 5.76. The van der Waals surface area contributed by atoms with Crippen molar-refractivity contribution in [3.63, 3.8) is 0 Å². The third-order valence-corrected chi connectivity index (χ3v) is 3.88. The van der Waals surface area contributed by atoms with Gasteiger partial charge < -0.3 is 15.4 Å². The van der Waals surface area contributed by atoms with E-state index in [1.807, 2.05) is 18.2 Å². The molecule has 2 heterocycles. The van der Waals surface area contributed by atoms with Crippen molar-refractivity contribution in [2.24, 2.45) is 5.92 Å². The van der Waals surface area contributed by atoms with Gasteiger partial charge in [-0.15, -0.1) is 0 Å². The zero-order valence-corrected chi connectivity index (χ0v) is 11.0. The van der Waals surface area contributed by atoms with Crippen LogP contribution < -0.4 is 15.4 Å². The number of carbonyl (C=O) groups is 1. The van der Waals surface area contributed by atoms with Crippen molar-refractivity contribution >= 4 is 5.91 Å². The molecule has 1 aromatic rings. The molecule has 2 N–H and O–H groups in total. The maximum atomic E-state index is 11.8. The third kappa shape index (κ3) is 3.07. The van der Waals surface area contributed by atoms with Crippen molar-refractivity contribution in [3.8, 4) is 5.75 Å². The monoisotopic (exact) mass is 260 g/mol. The van der Waals surface area contributed by atoms with Crippen LogP contribution in [0.4, 0.5) is 0 Å². The fourth-order valence-corrected chi connectivity index (χ4v) is 2.82. The Bertz CT molecular complexity index is 430. The number of hydrogen-bond donors (Lipinski definition) is 2. The summed E-state index contributed by atoms with van der Waals surface area (Å²) >= 11 is 0. The van der Waals surface area contributed by atoms with Gasteiger partial charge in [-0.3, -0.25) is 4.79 Å². The van der Waals surface area contributed by atoms with Crippen molar-refractivity contribution < 1.29 is 9.53 Å². The minimum Gasteiger partial charge on any atom is -0.488 e. The highest BCUT2D eigenvalue weighted by atomic mass is 16.5. The highest BCUT2D eigenvalue weighted by Gasteiger charge is 2.23. The van der Waals surface area contributed by atoms with Crippen LogP contribution in [0, 0.1) is 5.92 Å². The van der Waals surface area contributed by atoms with Gasteiger partial charge in [0.15, 0.2) is 0 Å². The summed E-state index contributed by atoms with van der Waals surface area (Å²) in [5.41, 5.74) is 1.24. The second kappa shape index (κ2) is 5.61. The Balaban J connectivity index is 1.42. The number of amides is 1. The number of hydrogen-bond acceptors (Lipinski definition) is 3. The molecule has 0 bridgehead atoms. The molecule has 0 aromatic heterocycles. The molecule has 1 saturated heterocycles.